The number of nitrogens with one attached hydrogen (secondary N) is 1. The van der Waals surface area contributed by atoms with Gasteiger partial charge < -0.3 is 9.47 Å². The van der Waals surface area contributed by atoms with Crippen molar-refractivity contribution >= 4 is 5.69 Å². The number of nitrogens with zero attached hydrogens (tertiary/aromatic N) is 2. The molecule has 0 heterocycles. The molecule has 0 saturated heterocycles. The highest BCUT2D eigenvalue weighted by Crippen LogP contribution is 2.30. The maximum atomic E-state index is 10.9. The van der Waals surface area contributed by atoms with E-state index in [0.717, 1.165) is 0 Å². The Morgan fingerprint density at radius 2 is 2.20 bits per heavy atom. The summed E-state index contributed by atoms with van der Waals surface area (Å²) in [7, 11) is 1.36. The molecule has 0 bridgehead atoms. The van der Waals surface area contributed by atoms with E-state index in [-0.39, 0.29) is 24.1 Å². The van der Waals surface area contributed by atoms with Crippen LogP contribution in [0.3, 0.4) is 0 Å². The van der Waals surface area contributed by atoms with Gasteiger partial charge in [0.15, 0.2) is 5.75 Å². The summed E-state index contributed by atoms with van der Waals surface area (Å²) in [5.74, 6) is 0.489. The summed E-state index contributed by atoms with van der Waals surface area (Å²) in [6, 6.07) is 6.05. The van der Waals surface area contributed by atoms with Crippen molar-refractivity contribution in [2.24, 2.45) is 0 Å². The van der Waals surface area contributed by atoms with Gasteiger partial charge in [-0.2, -0.15) is 5.26 Å². The molecule has 1 atom stereocenters. The van der Waals surface area contributed by atoms with Crippen LogP contribution >= 0.6 is 0 Å². The van der Waals surface area contributed by atoms with E-state index in [9.17, 15) is 10.1 Å². The molecule has 1 aromatic rings. The Labute approximate surface area is 117 Å². The van der Waals surface area contributed by atoms with Gasteiger partial charge in [0.05, 0.1) is 24.2 Å². The van der Waals surface area contributed by atoms with Gasteiger partial charge in [0.2, 0.25) is 0 Å². The summed E-state index contributed by atoms with van der Waals surface area (Å²) in [6.07, 6.45) is 0. The fraction of sp³-hybridized carbons (Fsp3) is 0.462. The Morgan fingerprint density at radius 1 is 1.50 bits per heavy atom. The summed E-state index contributed by atoms with van der Waals surface area (Å²) in [5.41, 5.74) is -0.171. The van der Waals surface area contributed by atoms with Crippen molar-refractivity contribution in [3.8, 4) is 17.6 Å². The van der Waals surface area contributed by atoms with E-state index in [1.54, 1.807) is 6.07 Å². The van der Waals surface area contributed by atoms with Gasteiger partial charge in [-0.3, -0.25) is 15.4 Å². The van der Waals surface area contributed by atoms with Crippen molar-refractivity contribution in [3.05, 3.63) is 28.3 Å². The highest BCUT2D eigenvalue weighted by Gasteiger charge is 2.16. The molecule has 0 aliphatic heterocycles. The minimum Gasteiger partial charge on any atom is -0.491 e. The minimum atomic E-state index is -0.542. The number of nitro benzene ring substituents is 1. The van der Waals surface area contributed by atoms with Crippen LogP contribution in [0.15, 0.2) is 18.2 Å². The van der Waals surface area contributed by atoms with Gasteiger partial charge in [-0.25, -0.2) is 0 Å². The third-order valence-corrected chi connectivity index (χ3v) is 2.45. The van der Waals surface area contributed by atoms with Gasteiger partial charge >= 0.3 is 5.69 Å². The second kappa shape index (κ2) is 7.31. The zero-order valence-corrected chi connectivity index (χ0v) is 11.6. The van der Waals surface area contributed by atoms with Crippen molar-refractivity contribution in [2.45, 2.75) is 25.9 Å². The smallest absolute Gasteiger partial charge is 0.314 e. The molecule has 0 spiro atoms. The van der Waals surface area contributed by atoms with Gasteiger partial charge in [-0.1, -0.05) is 0 Å². The molecule has 0 radical (unpaired) electrons. The molecule has 0 aliphatic rings. The Hall–Kier alpha value is -2.33. The van der Waals surface area contributed by atoms with E-state index in [0.29, 0.717) is 5.75 Å². The number of benzene rings is 1. The number of hydrogen-bond donors (Lipinski definition) is 1. The Kier molecular flexibility index (Phi) is 5.74. The molecule has 0 aliphatic carbocycles. The largest absolute Gasteiger partial charge is 0.491 e. The molecule has 0 saturated carbocycles. The quantitative estimate of drug-likeness (QED) is 0.604. The van der Waals surface area contributed by atoms with Gasteiger partial charge in [0.25, 0.3) is 0 Å². The minimum absolute atomic E-state index is 0.109. The Balaban J connectivity index is 2.76. The molecular weight excluding hydrogens is 262 g/mol. The van der Waals surface area contributed by atoms with Crippen LogP contribution in [0.4, 0.5) is 5.69 Å². The number of rotatable bonds is 7. The van der Waals surface area contributed by atoms with Gasteiger partial charge in [-0.15, -0.1) is 0 Å². The van der Waals surface area contributed by atoms with Crippen LogP contribution in [0.1, 0.15) is 13.8 Å². The van der Waals surface area contributed by atoms with Crippen molar-refractivity contribution in [2.75, 3.05) is 13.7 Å². The molecule has 1 N–H and O–H groups in total. The maximum absolute atomic E-state index is 10.9. The fourth-order valence-corrected chi connectivity index (χ4v) is 1.61. The average Bonchev–Trinajstić information content (AvgIpc) is 2.42. The number of hydrogen-bond acceptors (Lipinski definition) is 6. The Bertz CT molecular complexity index is 511. The standard InChI is InChI=1S/C13H17N3O4/c1-9(2)15-10(7-14)8-20-11-4-5-13(19-3)12(6-11)16(17)18/h4-6,9-10,15H,8H2,1-3H3. The molecular formula is C13H17N3O4. The fourth-order valence-electron chi connectivity index (χ4n) is 1.61. The summed E-state index contributed by atoms with van der Waals surface area (Å²) in [5, 5.41) is 22.9. The van der Waals surface area contributed by atoms with Gasteiger partial charge in [0, 0.05) is 6.04 Å². The van der Waals surface area contributed by atoms with Crippen molar-refractivity contribution in [1.29, 1.82) is 5.26 Å². The van der Waals surface area contributed by atoms with E-state index in [1.165, 1.54) is 19.2 Å². The molecule has 0 fully saturated rings. The number of nitro groups is 1. The third kappa shape index (κ3) is 4.40. The van der Waals surface area contributed by atoms with Crippen LogP contribution in [0.2, 0.25) is 0 Å². The lowest BCUT2D eigenvalue weighted by molar-refractivity contribution is -0.385. The van der Waals surface area contributed by atoms with Crippen LogP contribution in [0, 0.1) is 21.4 Å². The zero-order chi connectivity index (χ0) is 15.1. The van der Waals surface area contributed by atoms with Gasteiger partial charge in [-0.05, 0) is 26.0 Å². The van der Waals surface area contributed by atoms with E-state index in [1.807, 2.05) is 13.8 Å². The van der Waals surface area contributed by atoms with E-state index >= 15 is 0 Å². The van der Waals surface area contributed by atoms with Crippen LogP contribution in [-0.2, 0) is 0 Å². The predicted molar refractivity (Wildman–Crippen MR) is 72.8 cm³/mol. The van der Waals surface area contributed by atoms with Gasteiger partial charge in [0.1, 0.15) is 18.4 Å². The summed E-state index contributed by atoms with van der Waals surface area (Å²) < 4.78 is 10.3. The van der Waals surface area contributed by atoms with Crippen LogP contribution in [0.25, 0.3) is 0 Å². The summed E-state index contributed by atoms with van der Waals surface area (Å²) >= 11 is 0. The lowest BCUT2D eigenvalue weighted by Crippen LogP contribution is -2.37. The molecule has 0 amide bonds. The lowest BCUT2D eigenvalue weighted by atomic mass is 10.2. The van der Waals surface area contributed by atoms with Crippen molar-refractivity contribution < 1.29 is 14.4 Å². The molecule has 7 nitrogen and oxygen atoms in total. The molecule has 1 aromatic carbocycles. The average molecular weight is 279 g/mol. The molecule has 108 valence electrons. The topological polar surface area (TPSA) is 97.4 Å². The first-order valence-electron chi connectivity index (χ1n) is 6.08. The van der Waals surface area contributed by atoms with E-state index in [2.05, 4.69) is 11.4 Å². The lowest BCUT2D eigenvalue weighted by Gasteiger charge is -2.15. The van der Waals surface area contributed by atoms with E-state index < -0.39 is 11.0 Å². The molecule has 7 heteroatoms. The maximum Gasteiger partial charge on any atom is 0.314 e. The normalized spacial score (nSPS) is 11.8. The van der Waals surface area contributed by atoms with Crippen LogP contribution in [0.5, 0.6) is 11.5 Å². The summed E-state index contributed by atoms with van der Waals surface area (Å²) in [6.45, 7) is 3.95. The second-order valence-corrected chi connectivity index (χ2v) is 4.40. The first kappa shape index (κ1) is 15.7. The highest BCUT2D eigenvalue weighted by atomic mass is 16.6. The zero-order valence-electron chi connectivity index (χ0n) is 11.6. The summed E-state index contributed by atoms with van der Waals surface area (Å²) in [4.78, 5) is 10.3. The molecule has 1 unspecified atom stereocenters. The first-order chi connectivity index (χ1) is 9.47. The Morgan fingerprint density at radius 3 is 2.70 bits per heavy atom. The number of methoxy groups -OCH3 is 1. The number of nitriles is 1. The monoisotopic (exact) mass is 279 g/mol. The first-order valence-corrected chi connectivity index (χ1v) is 6.08. The highest BCUT2D eigenvalue weighted by molar-refractivity contribution is 5.50. The third-order valence-electron chi connectivity index (χ3n) is 2.45. The molecule has 20 heavy (non-hydrogen) atoms. The van der Waals surface area contributed by atoms with Crippen LogP contribution in [-0.4, -0.2) is 30.7 Å². The van der Waals surface area contributed by atoms with Crippen molar-refractivity contribution in [1.82, 2.24) is 5.32 Å². The predicted octanol–water partition coefficient (Wildman–Crippen LogP) is 1.87. The van der Waals surface area contributed by atoms with Crippen molar-refractivity contribution in [3.63, 3.8) is 0 Å². The molecule has 1 rings (SSSR count). The molecule has 0 aromatic heterocycles. The second-order valence-electron chi connectivity index (χ2n) is 4.40. The van der Waals surface area contributed by atoms with E-state index in [4.69, 9.17) is 14.7 Å². The number of ether oxygens (including phenoxy) is 2. The van der Waals surface area contributed by atoms with Crippen LogP contribution < -0.4 is 14.8 Å². The SMILES string of the molecule is COc1ccc(OCC(C#N)NC(C)C)cc1[N+](=O)[O-].